The number of halogens is 3. The van der Waals surface area contributed by atoms with E-state index in [0.29, 0.717) is 15.6 Å². The summed E-state index contributed by atoms with van der Waals surface area (Å²) in [7, 11) is 0. The predicted molar refractivity (Wildman–Crippen MR) is 82.4 cm³/mol. The second-order valence-electron chi connectivity index (χ2n) is 4.81. The number of hydrogen-bond acceptors (Lipinski definition) is 4. The number of carbonyl (C=O) groups excluding carboxylic acids is 1. The summed E-state index contributed by atoms with van der Waals surface area (Å²) in [5, 5.41) is 5.07. The Bertz CT molecular complexity index is 635. The molecule has 1 amide bonds. The van der Waals surface area contributed by atoms with Gasteiger partial charge >= 0.3 is 6.18 Å². The van der Waals surface area contributed by atoms with E-state index in [1.54, 1.807) is 13.8 Å². The topological polar surface area (TPSA) is 42.0 Å². The van der Waals surface area contributed by atoms with Crippen molar-refractivity contribution < 1.29 is 18.0 Å². The Kier molecular flexibility index (Phi) is 5.23. The van der Waals surface area contributed by atoms with Crippen LogP contribution in [0.2, 0.25) is 0 Å². The number of carbonyl (C=O) groups is 1. The predicted octanol–water partition coefficient (Wildman–Crippen LogP) is 4.64. The zero-order valence-corrected chi connectivity index (χ0v) is 13.7. The summed E-state index contributed by atoms with van der Waals surface area (Å²) in [4.78, 5) is 17.8. The Morgan fingerprint density at radius 2 is 2.18 bits per heavy atom. The maximum atomic E-state index is 12.5. The SMILES string of the molecule is CC[C@@H](CC(F)(F)F)NC(=O)c1sc(-c2cccs2)nc1C. The maximum Gasteiger partial charge on any atom is 0.391 e. The van der Waals surface area contributed by atoms with Crippen LogP contribution in [0, 0.1) is 6.92 Å². The first-order valence-corrected chi connectivity index (χ1v) is 8.38. The number of aryl methyl sites for hydroxylation is 1. The first-order chi connectivity index (χ1) is 10.3. The van der Waals surface area contributed by atoms with Crippen molar-refractivity contribution in [2.45, 2.75) is 38.9 Å². The third kappa shape index (κ3) is 4.30. The molecule has 3 nitrogen and oxygen atoms in total. The number of alkyl halides is 3. The second-order valence-corrected chi connectivity index (χ2v) is 6.76. The van der Waals surface area contributed by atoms with Gasteiger partial charge in [0.15, 0.2) is 0 Å². The van der Waals surface area contributed by atoms with Crippen LogP contribution in [0.25, 0.3) is 9.88 Å². The van der Waals surface area contributed by atoms with Crippen LogP contribution in [0.5, 0.6) is 0 Å². The Labute approximate surface area is 134 Å². The van der Waals surface area contributed by atoms with Gasteiger partial charge in [-0.15, -0.1) is 22.7 Å². The highest BCUT2D eigenvalue weighted by Crippen LogP contribution is 2.31. The van der Waals surface area contributed by atoms with Gasteiger partial charge in [-0.05, 0) is 24.8 Å². The number of thiophene rings is 1. The summed E-state index contributed by atoms with van der Waals surface area (Å²) in [5.41, 5.74) is 0.535. The van der Waals surface area contributed by atoms with Gasteiger partial charge in [-0.3, -0.25) is 4.79 Å². The number of thiazole rings is 1. The molecule has 2 aromatic heterocycles. The molecule has 2 heterocycles. The van der Waals surface area contributed by atoms with Crippen molar-refractivity contribution in [3.63, 3.8) is 0 Å². The van der Waals surface area contributed by atoms with E-state index >= 15 is 0 Å². The molecule has 120 valence electrons. The lowest BCUT2D eigenvalue weighted by Crippen LogP contribution is -2.37. The molecule has 0 saturated carbocycles. The number of rotatable bonds is 5. The zero-order valence-electron chi connectivity index (χ0n) is 12.0. The van der Waals surface area contributed by atoms with Gasteiger partial charge in [-0.2, -0.15) is 13.2 Å². The number of nitrogens with one attached hydrogen (secondary N) is 1. The molecule has 22 heavy (non-hydrogen) atoms. The third-order valence-corrected chi connectivity index (χ3v) is 5.24. The summed E-state index contributed by atoms with van der Waals surface area (Å²) >= 11 is 2.71. The summed E-state index contributed by atoms with van der Waals surface area (Å²) in [6.45, 7) is 3.31. The summed E-state index contributed by atoms with van der Waals surface area (Å²) < 4.78 is 37.4. The summed E-state index contributed by atoms with van der Waals surface area (Å²) in [6.07, 6.45) is -5.09. The minimum Gasteiger partial charge on any atom is -0.348 e. The van der Waals surface area contributed by atoms with Gasteiger partial charge in [-0.25, -0.2) is 4.98 Å². The molecule has 0 fully saturated rings. The van der Waals surface area contributed by atoms with Gasteiger partial charge in [0.25, 0.3) is 5.91 Å². The molecule has 1 atom stereocenters. The highest BCUT2D eigenvalue weighted by atomic mass is 32.1. The van der Waals surface area contributed by atoms with Crippen molar-refractivity contribution in [1.82, 2.24) is 10.3 Å². The molecule has 0 bridgehead atoms. The zero-order chi connectivity index (χ0) is 16.3. The molecule has 0 unspecified atom stereocenters. The highest BCUT2D eigenvalue weighted by Gasteiger charge is 2.32. The number of nitrogens with zero attached hydrogens (tertiary/aromatic N) is 1. The van der Waals surface area contributed by atoms with Gasteiger partial charge in [0.1, 0.15) is 9.88 Å². The van der Waals surface area contributed by atoms with Crippen LogP contribution in [0.1, 0.15) is 35.1 Å². The molecule has 0 radical (unpaired) electrons. The van der Waals surface area contributed by atoms with Crippen molar-refractivity contribution in [3.05, 3.63) is 28.1 Å². The van der Waals surface area contributed by atoms with E-state index in [1.807, 2.05) is 17.5 Å². The molecule has 0 aliphatic rings. The van der Waals surface area contributed by atoms with Gasteiger partial charge in [0.2, 0.25) is 0 Å². The number of aromatic nitrogens is 1. The fourth-order valence-electron chi connectivity index (χ4n) is 1.94. The van der Waals surface area contributed by atoms with Crippen molar-refractivity contribution >= 4 is 28.6 Å². The number of hydrogen-bond donors (Lipinski definition) is 1. The molecular weight excluding hydrogens is 333 g/mol. The quantitative estimate of drug-likeness (QED) is 0.855. The maximum absolute atomic E-state index is 12.5. The van der Waals surface area contributed by atoms with Gasteiger partial charge in [0.05, 0.1) is 17.0 Å². The molecular formula is C14H15F3N2OS2. The molecule has 2 rings (SSSR count). The number of amides is 1. The summed E-state index contributed by atoms with van der Waals surface area (Å²) in [5.74, 6) is -0.492. The lowest BCUT2D eigenvalue weighted by Gasteiger charge is -2.18. The molecule has 0 saturated heterocycles. The normalized spacial score (nSPS) is 13.1. The van der Waals surface area contributed by atoms with E-state index in [9.17, 15) is 18.0 Å². The first kappa shape index (κ1) is 17.0. The summed E-state index contributed by atoms with van der Waals surface area (Å²) in [6, 6.07) is 2.86. The van der Waals surface area contributed by atoms with E-state index < -0.39 is 24.5 Å². The van der Waals surface area contributed by atoms with Crippen molar-refractivity contribution in [2.24, 2.45) is 0 Å². The molecule has 1 N–H and O–H groups in total. The second kappa shape index (κ2) is 6.78. The minimum absolute atomic E-state index is 0.223. The van der Waals surface area contributed by atoms with Crippen LogP contribution < -0.4 is 5.32 Å². The fourth-order valence-corrected chi connectivity index (χ4v) is 3.71. The van der Waals surface area contributed by atoms with Crippen LogP contribution in [0.15, 0.2) is 17.5 Å². The standard InChI is InChI=1S/C14H15F3N2OS2/c1-3-9(7-14(15,16)17)19-12(20)11-8(2)18-13(22-11)10-5-4-6-21-10/h4-6,9H,3,7H2,1-2H3,(H,19,20)/t9-/m0/s1. The van der Waals surface area contributed by atoms with E-state index in [0.717, 1.165) is 4.88 Å². The lowest BCUT2D eigenvalue weighted by atomic mass is 10.1. The minimum atomic E-state index is -4.29. The van der Waals surface area contributed by atoms with E-state index in [-0.39, 0.29) is 6.42 Å². The molecule has 0 aromatic carbocycles. The van der Waals surface area contributed by atoms with Gasteiger partial charge in [-0.1, -0.05) is 13.0 Å². The van der Waals surface area contributed by atoms with Crippen LogP contribution in [-0.4, -0.2) is 23.1 Å². The largest absolute Gasteiger partial charge is 0.391 e. The van der Waals surface area contributed by atoms with Gasteiger partial charge in [0, 0.05) is 6.04 Å². The molecule has 0 aliphatic carbocycles. The van der Waals surface area contributed by atoms with Crippen LogP contribution in [-0.2, 0) is 0 Å². The average molecular weight is 348 g/mol. The molecule has 0 spiro atoms. The Morgan fingerprint density at radius 1 is 1.45 bits per heavy atom. The monoisotopic (exact) mass is 348 g/mol. The Morgan fingerprint density at radius 3 is 2.73 bits per heavy atom. The molecule has 8 heteroatoms. The van der Waals surface area contributed by atoms with Crippen LogP contribution in [0.4, 0.5) is 13.2 Å². The van der Waals surface area contributed by atoms with Crippen molar-refractivity contribution in [1.29, 1.82) is 0 Å². The van der Waals surface area contributed by atoms with E-state index in [4.69, 9.17) is 0 Å². The lowest BCUT2D eigenvalue weighted by molar-refractivity contribution is -0.139. The fraction of sp³-hybridized carbons (Fsp3) is 0.429. The van der Waals surface area contributed by atoms with Crippen molar-refractivity contribution in [3.8, 4) is 9.88 Å². The average Bonchev–Trinajstić information content (AvgIpc) is 3.04. The van der Waals surface area contributed by atoms with E-state index in [1.165, 1.54) is 22.7 Å². The highest BCUT2D eigenvalue weighted by molar-refractivity contribution is 7.22. The van der Waals surface area contributed by atoms with Gasteiger partial charge < -0.3 is 5.32 Å². The van der Waals surface area contributed by atoms with E-state index in [2.05, 4.69) is 10.3 Å². The Balaban J connectivity index is 2.12. The smallest absolute Gasteiger partial charge is 0.348 e. The van der Waals surface area contributed by atoms with Crippen molar-refractivity contribution in [2.75, 3.05) is 0 Å². The Hall–Kier alpha value is -1.41. The first-order valence-electron chi connectivity index (χ1n) is 6.69. The third-order valence-electron chi connectivity index (χ3n) is 3.04. The molecule has 0 aliphatic heterocycles. The van der Waals surface area contributed by atoms with Crippen LogP contribution in [0.3, 0.4) is 0 Å². The van der Waals surface area contributed by atoms with Crippen LogP contribution >= 0.6 is 22.7 Å². The molecule has 2 aromatic rings.